The minimum Gasteiger partial charge on any atom is -0.313 e. The number of nitrogens with zero attached hydrogens (tertiary/aromatic N) is 6. The van der Waals surface area contributed by atoms with E-state index in [1.54, 1.807) is 31.5 Å². The van der Waals surface area contributed by atoms with Crippen molar-refractivity contribution in [2.24, 2.45) is 0 Å². The number of benzene rings is 1. The lowest BCUT2D eigenvalue weighted by atomic mass is 10.3. The van der Waals surface area contributed by atoms with E-state index in [0.29, 0.717) is 22.9 Å². The maximum atomic E-state index is 13.1. The topological polar surface area (TPSA) is 124 Å². The van der Waals surface area contributed by atoms with Gasteiger partial charge in [-0.3, -0.25) is 15.2 Å². The molecule has 4 aromatic rings. The van der Waals surface area contributed by atoms with Crippen LogP contribution in [0.2, 0.25) is 0 Å². The number of amides is 1. The van der Waals surface area contributed by atoms with E-state index in [1.807, 2.05) is 0 Å². The van der Waals surface area contributed by atoms with Crippen LogP contribution in [0.5, 0.6) is 0 Å². The van der Waals surface area contributed by atoms with Gasteiger partial charge in [-0.2, -0.15) is 4.98 Å². The molecular formula is C17H13FN8O2. The Balaban J connectivity index is 1.44. The normalized spacial score (nSPS) is 10.6. The zero-order valence-corrected chi connectivity index (χ0v) is 14.5. The van der Waals surface area contributed by atoms with Crippen molar-refractivity contribution in [1.82, 2.24) is 35.3 Å². The van der Waals surface area contributed by atoms with E-state index in [4.69, 9.17) is 4.52 Å². The smallest absolute Gasteiger partial charge is 0.313 e. The van der Waals surface area contributed by atoms with Gasteiger partial charge in [-0.1, -0.05) is 5.16 Å². The molecule has 140 valence electrons. The maximum Gasteiger partial charge on any atom is 0.340 e. The largest absolute Gasteiger partial charge is 0.340 e. The van der Waals surface area contributed by atoms with Crippen molar-refractivity contribution in [1.29, 1.82) is 0 Å². The number of hydrogen-bond acceptors (Lipinski definition) is 8. The lowest BCUT2D eigenvalue weighted by Gasteiger charge is -2.02. The summed E-state index contributed by atoms with van der Waals surface area (Å²) in [6, 6.07) is 9.12. The van der Waals surface area contributed by atoms with Crippen LogP contribution >= 0.6 is 0 Å². The fourth-order valence-electron chi connectivity index (χ4n) is 2.37. The van der Waals surface area contributed by atoms with Crippen LogP contribution in [0.3, 0.4) is 0 Å². The van der Waals surface area contributed by atoms with Crippen LogP contribution in [0, 0.1) is 12.7 Å². The molecule has 0 saturated carbocycles. The van der Waals surface area contributed by atoms with Gasteiger partial charge in [0.2, 0.25) is 11.6 Å². The van der Waals surface area contributed by atoms with Gasteiger partial charge in [-0.05, 0) is 43.3 Å². The molecule has 0 radical (unpaired) electrons. The molecule has 4 rings (SSSR count). The number of halogens is 1. The molecule has 0 fully saturated rings. The van der Waals surface area contributed by atoms with E-state index < -0.39 is 5.91 Å². The molecule has 11 heteroatoms. The van der Waals surface area contributed by atoms with Crippen molar-refractivity contribution in [3.05, 3.63) is 66.3 Å². The zero-order chi connectivity index (χ0) is 19.5. The molecule has 0 unspecified atom stereocenters. The molecule has 1 aromatic carbocycles. The molecule has 0 aliphatic rings. The molecule has 0 aliphatic carbocycles. The molecule has 0 saturated heterocycles. The fourth-order valence-corrected chi connectivity index (χ4v) is 2.37. The highest BCUT2D eigenvalue weighted by Gasteiger charge is 2.16. The molecular weight excluding hydrogens is 367 g/mol. The molecule has 0 spiro atoms. The first-order valence-electron chi connectivity index (χ1n) is 8.10. The average Bonchev–Trinajstić information content (AvgIpc) is 3.34. The van der Waals surface area contributed by atoms with Crippen molar-refractivity contribution in [2.45, 2.75) is 6.92 Å². The molecule has 0 atom stereocenters. The molecule has 10 nitrogen and oxygen atoms in total. The Labute approximate surface area is 157 Å². The number of nitrogens with one attached hydrogen (secondary N) is 2. The van der Waals surface area contributed by atoms with Gasteiger partial charge in [0.1, 0.15) is 11.6 Å². The Morgan fingerprint density at radius 2 is 1.86 bits per heavy atom. The predicted molar refractivity (Wildman–Crippen MR) is 94.7 cm³/mol. The van der Waals surface area contributed by atoms with Gasteiger partial charge in [0.25, 0.3) is 0 Å². The third kappa shape index (κ3) is 3.53. The highest BCUT2D eigenvalue weighted by atomic mass is 19.1. The summed E-state index contributed by atoms with van der Waals surface area (Å²) in [7, 11) is 0. The van der Waals surface area contributed by atoms with Gasteiger partial charge < -0.3 is 4.52 Å². The molecule has 3 heterocycles. The second-order valence-electron chi connectivity index (χ2n) is 5.61. The van der Waals surface area contributed by atoms with Crippen LogP contribution in [0.15, 0.2) is 53.3 Å². The van der Waals surface area contributed by atoms with E-state index in [9.17, 15) is 9.18 Å². The molecule has 3 aromatic heterocycles. The summed E-state index contributed by atoms with van der Waals surface area (Å²) < 4.78 is 19.5. The van der Waals surface area contributed by atoms with Crippen LogP contribution in [0.25, 0.3) is 17.1 Å². The first-order valence-corrected chi connectivity index (χ1v) is 8.10. The highest BCUT2D eigenvalue weighted by Crippen LogP contribution is 2.16. The van der Waals surface area contributed by atoms with Gasteiger partial charge in [0.15, 0.2) is 0 Å². The minimum absolute atomic E-state index is 0.00477. The van der Waals surface area contributed by atoms with E-state index in [-0.39, 0.29) is 17.7 Å². The Morgan fingerprint density at radius 1 is 1.11 bits per heavy atom. The summed E-state index contributed by atoms with van der Waals surface area (Å²) in [5.74, 6) is -0.242. The molecule has 0 bridgehead atoms. The van der Waals surface area contributed by atoms with Crippen molar-refractivity contribution >= 4 is 11.9 Å². The van der Waals surface area contributed by atoms with Gasteiger partial charge in [0.05, 0.1) is 5.69 Å². The standard InChI is InChI=1S/C17H13FN8O2/c1-10-20-15(24-26(10)13-4-2-12(18)3-5-13)16(27)22-23-17-21-14(25-28-17)11-6-8-19-9-7-11/h2-9H,1H3,(H,22,27)(H,21,23,25). The fraction of sp³-hybridized carbons (Fsp3) is 0.0588. The van der Waals surface area contributed by atoms with Crippen LogP contribution in [0.1, 0.15) is 16.4 Å². The maximum absolute atomic E-state index is 13.1. The summed E-state index contributed by atoms with van der Waals surface area (Å²) >= 11 is 0. The molecule has 2 N–H and O–H groups in total. The number of aromatic nitrogens is 6. The predicted octanol–water partition coefficient (Wildman–Crippen LogP) is 1.92. The SMILES string of the molecule is Cc1nc(C(=O)NNc2nc(-c3ccncc3)no2)nn1-c1ccc(F)cc1. The van der Waals surface area contributed by atoms with E-state index in [1.165, 1.54) is 28.9 Å². The summed E-state index contributed by atoms with van der Waals surface area (Å²) in [6.07, 6.45) is 3.21. The average molecular weight is 380 g/mol. The summed E-state index contributed by atoms with van der Waals surface area (Å²) in [5, 5.41) is 7.94. The second-order valence-corrected chi connectivity index (χ2v) is 5.61. The monoisotopic (exact) mass is 380 g/mol. The molecule has 1 amide bonds. The minimum atomic E-state index is -0.604. The summed E-state index contributed by atoms with van der Waals surface area (Å²) in [5.41, 5.74) is 6.20. The lowest BCUT2D eigenvalue weighted by Crippen LogP contribution is -2.30. The summed E-state index contributed by atoms with van der Waals surface area (Å²) in [4.78, 5) is 24.4. The van der Waals surface area contributed by atoms with Crippen LogP contribution < -0.4 is 10.9 Å². The van der Waals surface area contributed by atoms with Crippen LogP contribution in [-0.2, 0) is 0 Å². The number of hydrazine groups is 1. The first kappa shape index (κ1) is 17.3. The second kappa shape index (κ2) is 7.23. The van der Waals surface area contributed by atoms with Gasteiger partial charge in [0, 0.05) is 18.0 Å². The zero-order valence-electron chi connectivity index (χ0n) is 14.5. The van der Waals surface area contributed by atoms with E-state index in [2.05, 4.69) is 36.1 Å². The first-order chi connectivity index (χ1) is 13.6. The third-order valence-corrected chi connectivity index (χ3v) is 3.69. The number of rotatable bonds is 5. The van der Waals surface area contributed by atoms with Crippen molar-refractivity contribution in [3.63, 3.8) is 0 Å². The number of hydrogen-bond donors (Lipinski definition) is 2. The quantitative estimate of drug-likeness (QED) is 0.503. The Kier molecular flexibility index (Phi) is 4.46. The number of carbonyl (C=O) groups is 1. The van der Waals surface area contributed by atoms with E-state index >= 15 is 0 Å². The Morgan fingerprint density at radius 3 is 2.61 bits per heavy atom. The van der Waals surface area contributed by atoms with Crippen molar-refractivity contribution in [2.75, 3.05) is 5.43 Å². The van der Waals surface area contributed by atoms with Crippen LogP contribution in [-0.4, -0.2) is 35.8 Å². The van der Waals surface area contributed by atoms with E-state index in [0.717, 1.165) is 0 Å². The van der Waals surface area contributed by atoms with Gasteiger partial charge >= 0.3 is 11.9 Å². The highest BCUT2D eigenvalue weighted by molar-refractivity contribution is 5.91. The van der Waals surface area contributed by atoms with Gasteiger partial charge in [-0.15, -0.1) is 5.10 Å². The summed E-state index contributed by atoms with van der Waals surface area (Å²) in [6.45, 7) is 1.68. The number of pyridine rings is 1. The number of aryl methyl sites for hydroxylation is 1. The van der Waals surface area contributed by atoms with Crippen molar-refractivity contribution in [3.8, 4) is 17.1 Å². The molecule has 28 heavy (non-hydrogen) atoms. The number of anilines is 1. The number of carbonyl (C=O) groups excluding carboxylic acids is 1. The van der Waals surface area contributed by atoms with Gasteiger partial charge in [-0.25, -0.2) is 19.5 Å². The lowest BCUT2D eigenvalue weighted by molar-refractivity contribution is 0.0950. The molecule has 0 aliphatic heterocycles. The Hall–Kier alpha value is -4.15. The van der Waals surface area contributed by atoms with Crippen LogP contribution in [0.4, 0.5) is 10.4 Å². The Bertz CT molecular complexity index is 1110. The van der Waals surface area contributed by atoms with Crippen molar-refractivity contribution < 1.29 is 13.7 Å². The third-order valence-electron chi connectivity index (χ3n) is 3.69.